The summed E-state index contributed by atoms with van der Waals surface area (Å²) >= 11 is 0. The third-order valence-electron chi connectivity index (χ3n) is 4.71. The van der Waals surface area contributed by atoms with Gasteiger partial charge in [-0.05, 0) is 32.0 Å². The normalized spacial score (nSPS) is 15.1. The van der Waals surface area contributed by atoms with Crippen LogP contribution in [-0.2, 0) is 6.54 Å². The number of benzene rings is 1. The molecule has 26 heavy (non-hydrogen) atoms. The van der Waals surface area contributed by atoms with E-state index in [4.69, 9.17) is 0 Å². The molecule has 1 amide bonds. The van der Waals surface area contributed by atoms with Crippen LogP contribution in [0.15, 0.2) is 30.3 Å². The van der Waals surface area contributed by atoms with Crippen molar-refractivity contribution in [1.29, 1.82) is 0 Å². The molecule has 2 aromatic rings. The second-order valence-electron chi connectivity index (χ2n) is 6.79. The Balaban J connectivity index is 1.67. The number of carbonyl (C=O) groups excluding carboxylic acids is 1. The molecule has 1 aromatic carbocycles. The highest BCUT2D eigenvalue weighted by Crippen LogP contribution is 2.13. The Morgan fingerprint density at radius 2 is 1.88 bits per heavy atom. The van der Waals surface area contributed by atoms with Gasteiger partial charge in [-0.15, -0.1) is 0 Å². The maximum absolute atomic E-state index is 12.6. The third-order valence-corrected chi connectivity index (χ3v) is 4.71. The first-order valence-electron chi connectivity index (χ1n) is 9.22. The lowest BCUT2D eigenvalue weighted by molar-refractivity contribution is 0.0945. The molecule has 1 N–H and O–H groups in total. The van der Waals surface area contributed by atoms with E-state index in [2.05, 4.69) is 38.1 Å². The van der Waals surface area contributed by atoms with Gasteiger partial charge in [0.25, 0.3) is 5.91 Å². The molecule has 0 unspecified atom stereocenters. The Morgan fingerprint density at radius 1 is 1.12 bits per heavy atom. The van der Waals surface area contributed by atoms with E-state index in [1.165, 1.54) is 5.56 Å². The van der Waals surface area contributed by atoms with Crippen LogP contribution in [0.1, 0.15) is 34.2 Å². The molecule has 0 radical (unpaired) electrons. The number of aromatic nitrogens is 2. The molecule has 1 aromatic heterocycles. The molecule has 1 fully saturated rings. The van der Waals surface area contributed by atoms with E-state index in [1.807, 2.05) is 32.0 Å². The van der Waals surface area contributed by atoms with E-state index < -0.39 is 0 Å². The molecule has 1 saturated heterocycles. The molecule has 0 bridgehead atoms. The van der Waals surface area contributed by atoms with Crippen molar-refractivity contribution in [3.05, 3.63) is 52.8 Å². The zero-order valence-electron chi connectivity index (χ0n) is 15.8. The first-order valence-corrected chi connectivity index (χ1v) is 9.22. The molecule has 6 heteroatoms. The predicted octanol–water partition coefficient (Wildman–Crippen LogP) is 2.17. The fraction of sp³-hybridized carbons (Fsp3) is 0.450. The SMILES string of the molecule is CCN1CCN(c2nc(C)cc(C(=O)NCc3cccc(C)c3)n2)CC1. The van der Waals surface area contributed by atoms with Crippen LogP contribution in [0.3, 0.4) is 0 Å². The van der Waals surface area contributed by atoms with Crippen molar-refractivity contribution in [2.24, 2.45) is 0 Å². The van der Waals surface area contributed by atoms with E-state index in [9.17, 15) is 4.79 Å². The molecular formula is C20H27N5O. The zero-order valence-corrected chi connectivity index (χ0v) is 15.8. The number of hydrogen-bond donors (Lipinski definition) is 1. The highest BCUT2D eigenvalue weighted by atomic mass is 16.1. The fourth-order valence-corrected chi connectivity index (χ4v) is 3.17. The number of piperazine rings is 1. The van der Waals surface area contributed by atoms with Crippen LogP contribution in [-0.4, -0.2) is 53.5 Å². The molecule has 3 rings (SSSR count). The van der Waals surface area contributed by atoms with Crippen molar-refractivity contribution in [3.8, 4) is 0 Å². The van der Waals surface area contributed by atoms with E-state index in [0.29, 0.717) is 18.2 Å². The summed E-state index contributed by atoms with van der Waals surface area (Å²) in [6, 6.07) is 9.88. The van der Waals surface area contributed by atoms with Gasteiger partial charge in [-0.2, -0.15) is 0 Å². The minimum atomic E-state index is -0.162. The van der Waals surface area contributed by atoms with Crippen molar-refractivity contribution in [2.45, 2.75) is 27.3 Å². The maximum Gasteiger partial charge on any atom is 0.270 e. The molecule has 6 nitrogen and oxygen atoms in total. The summed E-state index contributed by atoms with van der Waals surface area (Å²) in [5.41, 5.74) is 3.51. The Bertz CT molecular complexity index is 769. The van der Waals surface area contributed by atoms with Gasteiger partial charge in [0.1, 0.15) is 5.69 Å². The van der Waals surface area contributed by atoms with Crippen LogP contribution in [0.5, 0.6) is 0 Å². The van der Waals surface area contributed by atoms with Gasteiger partial charge < -0.3 is 15.1 Å². The topological polar surface area (TPSA) is 61.4 Å². The van der Waals surface area contributed by atoms with Gasteiger partial charge in [0.05, 0.1) is 0 Å². The quantitative estimate of drug-likeness (QED) is 0.893. The fourth-order valence-electron chi connectivity index (χ4n) is 3.17. The van der Waals surface area contributed by atoms with Crippen LogP contribution in [0, 0.1) is 13.8 Å². The largest absolute Gasteiger partial charge is 0.347 e. The van der Waals surface area contributed by atoms with Gasteiger partial charge in [0.2, 0.25) is 5.95 Å². The van der Waals surface area contributed by atoms with Gasteiger partial charge in [-0.25, -0.2) is 9.97 Å². The minimum absolute atomic E-state index is 0.162. The molecule has 1 aliphatic heterocycles. The first-order chi connectivity index (χ1) is 12.5. The number of aryl methyl sites for hydroxylation is 2. The summed E-state index contributed by atoms with van der Waals surface area (Å²) in [6.45, 7) is 11.5. The molecule has 1 aliphatic rings. The highest BCUT2D eigenvalue weighted by Gasteiger charge is 2.19. The Labute approximate surface area is 155 Å². The smallest absolute Gasteiger partial charge is 0.270 e. The number of nitrogens with zero attached hydrogens (tertiary/aromatic N) is 4. The number of hydrogen-bond acceptors (Lipinski definition) is 5. The van der Waals surface area contributed by atoms with Gasteiger partial charge in [0, 0.05) is 38.4 Å². The summed E-state index contributed by atoms with van der Waals surface area (Å²) in [7, 11) is 0. The van der Waals surface area contributed by atoms with Crippen molar-refractivity contribution in [2.75, 3.05) is 37.6 Å². The standard InChI is InChI=1S/C20H27N5O/c1-4-24-8-10-25(11-9-24)20-22-16(3)13-18(23-20)19(26)21-14-17-7-5-6-15(2)12-17/h5-7,12-13H,4,8-11,14H2,1-3H3,(H,21,26). The number of rotatable bonds is 5. The Hall–Kier alpha value is -2.47. The average Bonchev–Trinajstić information content (AvgIpc) is 2.65. The number of likely N-dealkylation sites (N-methyl/N-ethyl adjacent to an activating group) is 1. The maximum atomic E-state index is 12.6. The zero-order chi connectivity index (χ0) is 18.5. The highest BCUT2D eigenvalue weighted by molar-refractivity contribution is 5.92. The van der Waals surface area contributed by atoms with Gasteiger partial charge in [-0.3, -0.25) is 4.79 Å². The third kappa shape index (κ3) is 4.58. The molecule has 0 spiro atoms. The predicted molar refractivity (Wildman–Crippen MR) is 103 cm³/mol. The lowest BCUT2D eigenvalue weighted by Crippen LogP contribution is -2.47. The van der Waals surface area contributed by atoms with E-state index in [-0.39, 0.29) is 5.91 Å². The second-order valence-corrected chi connectivity index (χ2v) is 6.79. The summed E-state index contributed by atoms with van der Waals surface area (Å²) in [6.07, 6.45) is 0. The van der Waals surface area contributed by atoms with Gasteiger partial charge in [0.15, 0.2) is 0 Å². The second kappa shape index (κ2) is 8.27. The number of anilines is 1. The van der Waals surface area contributed by atoms with Gasteiger partial charge >= 0.3 is 0 Å². The van der Waals surface area contributed by atoms with E-state index in [0.717, 1.165) is 44.0 Å². The number of carbonyl (C=O) groups is 1. The lowest BCUT2D eigenvalue weighted by atomic mass is 10.1. The summed E-state index contributed by atoms with van der Waals surface area (Å²) < 4.78 is 0. The summed E-state index contributed by atoms with van der Waals surface area (Å²) in [5, 5.41) is 2.96. The van der Waals surface area contributed by atoms with Crippen LogP contribution >= 0.6 is 0 Å². The number of nitrogens with one attached hydrogen (secondary N) is 1. The molecular weight excluding hydrogens is 326 g/mol. The van der Waals surface area contributed by atoms with Crippen LogP contribution in [0.4, 0.5) is 5.95 Å². The monoisotopic (exact) mass is 353 g/mol. The molecule has 2 heterocycles. The summed E-state index contributed by atoms with van der Waals surface area (Å²) in [5.74, 6) is 0.493. The molecule has 0 saturated carbocycles. The molecule has 138 valence electrons. The minimum Gasteiger partial charge on any atom is -0.347 e. The first kappa shape index (κ1) is 18.3. The molecule has 0 atom stereocenters. The van der Waals surface area contributed by atoms with Crippen LogP contribution in [0.25, 0.3) is 0 Å². The van der Waals surface area contributed by atoms with Crippen molar-refractivity contribution >= 4 is 11.9 Å². The Morgan fingerprint density at radius 3 is 2.58 bits per heavy atom. The van der Waals surface area contributed by atoms with Crippen molar-refractivity contribution in [1.82, 2.24) is 20.2 Å². The van der Waals surface area contributed by atoms with E-state index >= 15 is 0 Å². The molecule has 0 aliphatic carbocycles. The Kier molecular flexibility index (Phi) is 5.83. The van der Waals surface area contributed by atoms with Gasteiger partial charge in [-0.1, -0.05) is 36.8 Å². The van der Waals surface area contributed by atoms with E-state index in [1.54, 1.807) is 6.07 Å². The van der Waals surface area contributed by atoms with Crippen LogP contribution in [0.2, 0.25) is 0 Å². The average molecular weight is 353 g/mol. The van der Waals surface area contributed by atoms with Crippen molar-refractivity contribution in [3.63, 3.8) is 0 Å². The summed E-state index contributed by atoms with van der Waals surface area (Å²) in [4.78, 5) is 26.2. The van der Waals surface area contributed by atoms with Crippen LogP contribution < -0.4 is 10.2 Å². The number of amides is 1. The lowest BCUT2D eigenvalue weighted by Gasteiger charge is -2.34. The van der Waals surface area contributed by atoms with Crippen molar-refractivity contribution < 1.29 is 4.79 Å².